The van der Waals surface area contributed by atoms with Crippen LogP contribution in [0.4, 0.5) is 0 Å². The first kappa shape index (κ1) is 17.9. The van der Waals surface area contributed by atoms with Gasteiger partial charge in [-0.15, -0.1) is 0 Å². The molecule has 0 spiro atoms. The molecule has 0 aromatic carbocycles. The van der Waals surface area contributed by atoms with E-state index in [-0.39, 0.29) is 0 Å². The standard InChI is InChI=1S/C15H34N2O/c1-7-17(8-2)11-9-10-14(5)16-15(12-18-6)13(3)4/h13-16H,7-12H2,1-6H3. The predicted octanol–water partition coefficient (Wildman–Crippen LogP) is 2.76. The third kappa shape index (κ3) is 8.06. The van der Waals surface area contributed by atoms with E-state index in [4.69, 9.17) is 4.74 Å². The monoisotopic (exact) mass is 258 g/mol. The van der Waals surface area contributed by atoms with Gasteiger partial charge in [0.25, 0.3) is 0 Å². The summed E-state index contributed by atoms with van der Waals surface area (Å²) < 4.78 is 5.27. The molecule has 0 heterocycles. The summed E-state index contributed by atoms with van der Waals surface area (Å²) in [7, 11) is 1.78. The van der Waals surface area contributed by atoms with Crippen molar-refractivity contribution in [2.75, 3.05) is 33.4 Å². The van der Waals surface area contributed by atoms with Gasteiger partial charge in [0.15, 0.2) is 0 Å². The van der Waals surface area contributed by atoms with Gasteiger partial charge < -0.3 is 15.0 Å². The first-order chi connectivity index (χ1) is 8.54. The third-order valence-electron chi connectivity index (χ3n) is 3.66. The summed E-state index contributed by atoms with van der Waals surface area (Å²) in [5.41, 5.74) is 0. The van der Waals surface area contributed by atoms with Crippen LogP contribution in [0.5, 0.6) is 0 Å². The number of hydrogen-bond acceptors (Lipinski definition) is 3. The van der Waals surface area contributed by atoms with Crippen molar-refractivity contribution < 1.29 is 4.74 Å². The highest BCUT2D eigenvalue weighted by Gasteiger charge is 2.15. The Bertz CT molecular complexity index is 181. The van der Waals surface area contributed by atoms with Gasteiger partial charge in [0.05, 0.1) is 6.61 Å². The Morgan fingerprint density at radius 1 is 1.11 bits per heavy atom. The van der Waals surface area contributed by atoms with E-state index in [0.29, 0.717) is 18.0 Å². The van der Waals surface area contributed by atoms with Crippen molar-refractivity contribution in [3.8, 4) is 0 Å². The lowest BCUT2D eigenvalue weighted by Crippen LogP contribution is -2.43. The number of methoxy groups -OCH3 is 1. The lowest BCUT2D eigenvalue weighted by Gasteiger charge is -2.26. The van der Waals surface area contributed by atoms with E-state index >= 15 is 0 Å². The predicted molar refractivity (Wildman–Crippen MR) is 80.1 cm³/mol. The van der Waals surface area contributed by atoms with E-state index in [0.717, 1.165) is 19.7 Å². The Balaban J connectivity index is 3.83. The summed E-state index contributed by atoms with van der Waals surface area (Å²) in [6, 6.07) is 1.04. The van der Waals surface area contributed by atoms with E-state index in [9.17, 15) is 0 Å². The van der Waals surface area contributed by atoms with Crippen molar-refractivity contribution in [1.29, 1.82) is 0 Å². The minimum absolute atomic E-state index is 0.471. The zero-order chi connectivity index (χ0) is 14.0. The van der Waals surface area contributed by atoms with Gasteiger partial charge in [0.2, 0.25) is 0 Å². The van der Waals surface area contributed by atoms with Gasteiger partial charge in [-0.2, -0.15) is 0 Å². The lowest BCUT2D eigenvalue weighted by atomic mass is 10.0. The average molecular weight is 258 g/mol. The van der Waals surface area contributed by atoms with E-state index in [2.05, 4.69) is 44.8 Å². The summed E-state index contributed by atoms with van der Waals surface area (Å²) in [6.45, 7) is 15.6. The second-order valence-electron chi connectivity index (χ2n) is 5.54. The third-order valence-corrected chi connectivity index (χ3v) is 3.66. The molecule has 0 radical (unpaired) electrons. The quantitative estimate of drug-likeness (QED) is 0.617. The average Bonchev–Trinajstić information content (AvgIpc) is 2.34. The zero-order valence-corrected chi connectivity index (χ0v) is 13.3. The molecule has 0 aliphatic heterocycles. The van der Waals surface area contributed by atoms with Crippen LogP contribution in [-0.4, -0.2) is 50.3 Å². The fraction of sp³-hybridized carbons (Fsp3) is 1.00. The molecule has 0 rings (SSSR count). The Labute approximate surface area is 114 Å². The molecular formula is C15H34N2O. The number of nitrogens with one attached hydrogen (secondary N) is 1. The smallest absolute Gasteiger partial charge is 0.0618 e. The molecule has 3 nitrogen and oxygen atoms in total. The molecule has 0 fully saturated rings. The SMILES string of the molecule is CCN(CC)CCCC(C)NC(COC)C(C)C. The zero-order valence-electron chi connectivity index (χ0n) is 13.3. The number of rotatable bonds is 11. The molecule has 0 aliphatic rings. The van der Waals surface area contributed by atoms with Gasteiger partial charge in [0, 0.05) is 19.2 Å². The normalized spacial score (nSPS) is 15.3. The molecule has 0 aliphatic carbocycles. The summed E-state index contributed by atoms with van der Waals surface area (Å²) in [6.07, 6.45) is 2.51. The van der Waals surface area contributed by atoms with Crippen LogP contribution in [0.15, 0.2) is 0 Å². The van der Waals surface area contributed by atoms with Crippen LogP contribution in [0.3, 0.4) is 0 Å². The maximum absolute atomic E-state index is 5.27. The van der Waals surface area contributed by atoms with Crippen molar-refractivity contribution in [1.82, 2.24) is 10.2 Å². The molecule has 0 amide bonds. The summed E-state index contributed by atoms with van der Waals surface area (Å²) >= 11 is 0. The van der Waals surface area contributed by atoms with Gasteiger partial charge in [-0.25, -0.2) is 0 Å². The van der Waals surface area contributed by atoms with Crippen LogP contribution in [-0.2, 0) is 4.74 Å². The first-order valence-electron chi connectivity index (χ1n) is 7.52. The maximum atomic E-state index is 5.27. The van der Waals surface area contributed by atoms with Gasteiger partial charge in [0.1, 0.15) is 0 Å². The molecule has 18 heavy (non-hydrogen) atoms. The second-order valence-corrected chi connectivity index (χ2v) is 5.54. The van der Waals surface area contributed by atoms with Crippen LogP contribution in [0.1, 0.15) is 47.5 Å². The number of hydrogen-bond donors (Lipinski definition) is 1. The van der Waals surface area contributed by atoms with E-state index in [1.54, 1.807) is 7.11 Å². The van der Waals surface area contributed by atoms with E-state index < -0.39 is 0 Å². The largest absolute Gasteiger partial charge is 0.383 e. The highest BCUT2D eigenvalue weighted by molar-refractivity contribution is 4.74. The van der Waals surface area contributed by atoms with Gasteiger partial charge in [-0.1, -0.05) is 27.7 Å². The molecule has 0 aromatic heterocycles. The molecule has 2 atom stereocenters. The Kier molecular flexibility index (Phi) is 10.7. The highest BCUT2D eigenvalue weighted by atomic mass is 16.5. The minimum atomic E-state index is 0.471. The summed E-state index contributed by atoms with van der Waals surface area (Å²) in [4.78, 5) is 2.49. The molecule has 0 saturated heterocycles. The van der Waals surface area contributed by atoms with Crippen molar-refractivity contribution in [2.24, 2.45) is 5.92 Å². The topological polar surface area (TPSA) is 24.5 Å². The van der Waals surface area contributed by atoms with Crippen LogP contribution < -0.4 is 5.32 Å². The molecule has 0 bridgehead atoms. The Hall–Kier alpha value is -0.120. The van der Waals surface area contributed by atoms with Crippen molar-refractivity contribution in [3.05, 3.63) is 0 Å². The van der Waals surface area contributed by atoms with Crippen LogP contribution >= 0.6 is 0 Å². The summed E-state index contributed by atoms with van der Waals surface area (Å²) in [5.74, 6) is 0.621. The number of ether oxygens (including phenoxy) is 1. The second kappa shape index (κ2) is 10.8. The minimum Gasteiger partial charge on any atom is -0.383 e. The molecule has 110 valence electrons. The van der Waals surface area contributed by atoms with Crippen LogP contribution in [0.2, 0.25) is 0 Å². The fourth-order valence-corrected chi connectivity index (χ4v) is 2.22. The molecule has 0 saturated carbocycles. The molecular weight excluding hydrogens is 224 g/mol. The van der Waals surface area contributed by atoms with Crippen molar-refractivity contribution in [3.63, 3.8) is 0 Å². The lowest BCUT2D eigenvalue weighted by molar-refractivity contribution is 0.140. The number of nitrogens with zero attached hydrogens (tertiary/aromatic N) is 1. The van der Waals surface area contributed by atoms with Crippen LogP contribution in [0, 0.1) is 5.92 Å². The van der Waals surface area contributed by atoms with Gasteiger partial charge in [-0.05, 0) is 45.3 Å². The summed E-state index contributed by atoms with van der Waals surface area (Å²) in [5, 5.41) is 3.68. The molecule has 3 heteroatoms. The van der Waals surface area contributed by atoms with Gasteiger partial charge in [-0.3, -0.25) is 0 Å². The van der Waals surface area contributed by atoms with E-state index in [1.807, 2.05) is 0 Å². The maximum Gasteiger partial charge on any atom is 0.0618 e. The van der Waals surface area contributed by atoms with Crippen molar-refractivity contribution in [2.45, 2.75) is 59.5 Å². The fourth-order valence-electron chi connectivity index (χ4n) is 2.22. The highest BCUT2D eigenvalue weighted by Crippen LogP contribution is 2.06. The molecule has 2 unspecified atom stereocenters. The van der Waals surface area contributed by atoms with Crippen molar-refractivity contribution >= 4 is 0 Å². The van der Waals surface area contributed by atoms with Crippen LogP contribution in [0.25, 0.3) is 0 Å². The molecule has 1 N–H and O–H groups in total. The Morgan fingerprint density at radius 2 is 1.72 bits per heavy atom. The van der Waals surface area contributed by atoms with E-state index in [1.165, 1.54) is 19.4 Å². The molecule has 0 aromatic rings. The van der Waals surface area contributed by atoms with Gasteiger partial charge >= 0.3 is 0 Å². The first-order valence-corrected chi connectivity index (χ1v) is 7.52. The Morgan fingerprint density at radius 3 is 2.17 bits per heavy atom.